The quantitative estimate of drug-likeness (QED) is 0.690. The van der Waals surface area contributed by atoms with Crippen molar-refractivity contribution in [1.82, 2.24) is 4.90 Å². The Morgan fingerprint density at radius 3 is 2.71 bits per heavy atom. The van der Waals surface area contributed by atoms with Gasteiger partial charge in [-0.25, -0.2) is 0 Å². The van der Waals surface area contributed by atoms with Gasteiger partial charge in [0.05, 0.1) is 19.8 Å². The number of ether oxygens (including phenoxy) is 2. The normalized spacial score (nSPS) is 11.5. The molecule has 0 fully saturated rings. The Labute approximate surface area is 127 Å². The van der Waals surface area contributed by atoms with Crippen LogP contribution in [-0.4, -0.2) is 37.7 Å². The largest absolute Gasteiger partial charge is 0.496 e. The highest BCUT2D eigenvalue weighted by Gasteiger charge is 2.21. The second-order valence-corrected chi connectivity index (χ2v) is 4.84. The van der Waals surface area contributed by atoms with E-state index in [1.807, 2.05) is 31.2 Å². The SMILES string of the molecule is C#CCCC(=O)N(Cc1ccccc1OC)C(C)COC. The zero-order valence-corrected chi connectivity index (χ0v) is 13.0. The minimum atomic E-state index is -0.0230. The molecule has 1 rings (SSSR count). The first-order valence-electron chi connectivity index (χ1n) is 6.97. The number of hydrogen-bond donors (Lipinski definition) is 0. The Kier molecular flexibility index (Phi) is 7.34. The molecule has 0 saturated heterocycles. The van der Waals surface area contributed by atoms with Crippen molar-refractivity contribution in [1.29, 1.82) is 0 Å². The Hall–Kier alpha value is -1.99. The molecule has 0 aromatic heterocycles. The minimum Gasteiger partial charge on any atom is -0.496 e. The molecule has 0 heterocycles. The molecule has 0 saturated carbocycles. The van der Waals surface area contributed by atoms with Crippen LogP contribution in [0.2, 0.25) is 0 Å². The third-order valence-corrected chi connectivity index (χ3v) is 3.28. The van der Waals surface area contributed by atoms with Crippen LogP contribution >= 0.6 is 0 Å². The van der Waals surface area contributed by atoms with E-state index in [1.165, 1.54) is 0 Å². The molecule has 0 N–H and O–H groups in total. The van der Waals surface area contributed by atoms with Gasteiger partial charge in [0.2, 0.25) is 5.91 Å². The maximum Gasteiger partial charge on any atom is 0.224 e. The number of carbonyl (C=O) groups is 1. The van der Waals surface area contributed by atoms with Crippen molar-refractivity contribution in [2.75, 3.05) is 20.8 Å². The van der Waals surface area contributed by atoms with Gasteiger partial charge in [-0.15, -0.1) is 12.3 Å². The number of rotatable bonds is 8. The Balaban J connectivity index is 2.90. The third kappa shape index (κ3) is 5.13. The second-order valence-electron chi connectivity index (χ2n) is 4.84. The van der Waals surface area contributed by atoms with E-state index in [4.69, 9.17) is 15.9 Å². The molecule has 1 unspecified atom stereocenters. The average molecular weight is 289 g/mol. The molecule has 0 aliphatic rings. The van der Waals surface area contributed by atoms with Crippen LogP contribution in [-0.2, 0) is 16.1 Å². The minimum absolute atomic E-state index is 0.0230. The van der Waals surface area contributed by atoms with Gasteiger partial charge in [0.25, 0.3) is 0 Å². The first-order chi connectivity index (χ1) is 10.1. The number of carbonyl (C=O) groups excluding carboxylic acids is 1. The van der Waals surface area contributed by atoms with E-state index < -0.39 is 0 Å². The van der Waals surface area contributed by atoms with Crippen LogP contribution in [0, 0.1) is 12.3 Å². The lowest BCUT2D eigenvalue weighted by Crippen LogP contribution is -2.40. The van der Waals surface area contributed by atoms with Crippen molar-refractivity contribution in [3.05, 3.63) is 29.8 Å². The molecule has 114 valence electrons. The lowest BCUT2D eigenvalue weighted by molar-refractivity contribution is -0.134. The number of amides is 1. The van der Waals surface area contributed by atoms with Gasteiger partial charge in [-0.1, -0.05) is 18.2 Å². The molecule has 4 nitrogen and oxygen atoms in total. The molecule has 0 aliphatic heterocycles. The summed E-state index contributed by atoms with van der Waals surface area (Å²) in [6.45, 7) is 2.93. The molecule has 1 aromatic rings. The summed E-state index contributed by atoms with van der Waals surface area (Å²) < 4.78 is 10.5. The summed E-state index contributed by atoms with van der Waals surface area (Å²) in [7, 11) is 3.26. The van der Waals surface area contributed by atoms with Gasteiger partial charge in [0.1, 0.15) is 5.75 Å². The molecule has 0 spiro atoms. The van der Waals surface area contributed by atoms with Crippen molar-refractivity contribution in [2.24, 2.45) is 0 Å². The summed E-state index contributed by atoms with van der Waals surface area (Å²) in [5.74, 6) is 3.31. The van der Waals surface area contributed by atoms with Crippen molar-refractivity contribution in [2.45, 2.75) is 32.4 Å². The van der Waals surface area contributed by atoms with Gasteiger partial charge in [0, 0.05) is 32.1 Å². The number of methoxy groups -OCH3 is 2. The highest BCUT2D eigenvalue weighted by atomic mass is 16.5. The van der Waals surface area contributed by atoms with Gasteiger partial charge in [-0.3, -0.25) is 4.79 Å². The highest BCUT2D eigenvalue weighted by Crippen LogP contribution is 2.21. The molecular weight excluding hydrogens is 266 g/mol. The van der Waals surface area contributed by atoms with Crippen molar-refractivity contribution in [3.8, 4) is 18.1 Å². The molecule has 1 aromatic carbocycles. The van der Waals surface area contributed by atoms with Crippen molar-refractivity contribution < 1.29 is 14.3 Å². The number of para-hydroxylation sites is 1. The summed E-state index contributed by atoms with van der Waals surface area (Å²) in [6.07, 6.45) is 6.04. The third-order valence-electron chi connectivity index (χ3n) is 3.28. The Bertz CT molecular complexity index is 493. The summed E-state index contributed by atoms with van der Waals surface area (Å²) >= 11 is 0. The first-order valence-corrected chi connectivity index (χ1v) is 6.97. The zero-order chi connectivity index (χ0) is 15.7. The summed E-state index contributed by atoms with van der Waals surface area (Å²) in [6, 6.07) is 7.67. The Morgan fingerprint density at radius 1 is 1.38 bits per heavy atom. The topological polar surface area (TPSA) is 38.8 Å². The van der Waals surface area contributed by atoms with Crippen LogP contribution in [0.5, 0.6) is 5.75 Å². The maximum atomic E-state index is 12.4. The number of hydrogen-bond acceptors (Lipinski definition) is 3. The van der Waals surface area contributed by atoms with Crippen molar-refractivity contribution >= 4 is 5.91 Å². The van der Waals surface area contributed by atoms with Gasteiger partial charge >= 0.3 is 0 Å². The lowest BCUT2D eigenvalue weighted by atomic mass is 10.1. The van der Waals surface area contributed by atoms with Crippen LogP contribution in [0.15, 0.2) is 24.3 Å². The summed E-state index contributed by atoms with van der Waals surface area (Å²) in [5.41, 5.74) is 0.969. The molecule has 0 radical (unpaired) electrons. The second kappa shape index (κ2) is 9.04. The van der Waals surface area contributed by atoms with E-state index in [1.54, 1.807) is 19.1 Å². The number of nitrogens with zero attached hydrogens (tertiary/aromatic N) is 1. The Morgan fingerprint density at radius 2 is 2.10 bits per heavy atom. The fourth-order valence-corrected chi connectivity index (χ4v) is 2.16. The smallest absolute Gasteiger partial charge is 0.224 e. The van der Waals surface area contributed by atoms with Crippen LogP contribution in [0.4, 0.5) is 0 Å². The van der Waals surface area contributed by atoms with E-state index >= 15 is 0 Å². The molecular formula is C17H23NO3. The molecule has 21 heavy (non-hydrogen) atoms. The maximum absolute atomic E-state index is 12.4. The fourth-order valence-electron chi connectivity index (χ4n) is 2.16. The highest BCUT2D eigenvalue weighted by molar-refractivity contribution is 5.76. The van der Waals surface area contributed by atoms with E-state index in [9.17, 15) is 4.79 Å². The molecule has 1 atom stereocenters. The standard InChI is InChI=1S/C17H23NO3/c1-5-6-11-17(19)18(14(2)13-20-3)12-15-9-7-8-10-16(15)21-4/h1,7-10,14H,6,11-13H2,2-4H3. The summed E-state index contributed by atoms with van der Waals surface area (Å²) in [4.78, 5) is 14.1. The van der Waals surface area contributed by atoms with Gasteiger partial charge < -0.3 is 14.4 Å². The zero-order valence-electron chi connectivity index (χ0n) is 13.0. The van der Waals surface area contributed by atoms with Gasteiger partial charge in [0.15, 0.2) is 0 Å². The summed E-state index contributed by atoms with van der Waals surface area (Å²) in [5, 5.41) is 0. The van der Waals surface area contributed by atoms with Crippen LogP contribution < -0.4 is 4.74 Å². The number of terminal acetylenes is 1. The van der Waals surface area contributed by atoms with Gasteiger partial charge in [-0.2, -0.15) is 0 Å². The van der Waals surface area contributed by atoms with E-state index in [0.717, 1.165) is 11.3 Å². The molecule has 4 heteroatoms. The molecule has 0 bridgehead atoms. The van der Waals surface area contributed by atoms with E-state index in [0.29, 0.717) is 26.0 Å². The van der Waals surface area contributed by atoms with Crippen LogP contribution in [0.3, 0.4) is 0 Å². The lowest BCUT2D eigenvalue weighted by Gasteiger charge is -2.29. The van der Waals surface area contributed by atoms with E-state index in [-0.39, 0.29) is 11.9 Å². The van der Waals surface area contributed by atoms with E-state index in [2.05, 4.69) is 5.92 Å². The molecule has 1 amide bonds. The predicted molar refractivity (Wildman–Crippen MR) is 82.9 cm³/mol. The fraction of sp³-hybridized carbons (Fsp3) is 0.471. The monoisotopic (exact) mass is 289 g/mol. The first kappa shape index (κ1) is 17.1. The van der Waals surface area contributed by atoms with Crippen LogP contribution in [0.1, 0.15) is 25.3 Å². The van der Waals surface area contributed by atoms with Crippen LogP contribution in [0.25, 0.3) is 0 Å². The van der Waals surface area contributed by atoms with Crippen molar-refractivity contribution in [3.63, 3.8) is 0 Å². The van der Waals surface area contributed by atoms with Gasteiger partial charge in [-0.05, 0) is 13.0 Å². The predicted octanol–water partition coefficient (Wildman–Crippen LogP) is 2.47. The molecule has 0 aliphatic carbocycles. The average Bonchev–Trinajstić information content (AvgIpc) is 2.50. The number of benzene rings is 1.